The quantitative estimate of drug-likeness (QED) is 0.883. The Labute approximate surface area is 115 Å². The minimum absolute atomic E-state index is 0.397. The molecule has 1 atom stereocenters. The van der Waals surface area contributed by atoms with Crippen molar-refractivity contribution in [2.75, 3.05) is 6.54 Å². The summed E-state index contributed by atoms with van der Waals surface area (Å²) in [5.41, 5.74) is 0.576. The van der Waals surface area contributed by atoms with Gasteiger partial charge in [-0.25, -0.2) is 0 Å². The van der Waals surface area contributed by atoms with Crippen molar-refractivity contribution in [3.63, 3.8) is 0 Å². The maximum Gasteiger partial charge on any atom is 0.101 e. The van der Waals surface area contributed by atoms with Gasteiger partial charge in [0.25, 0.3) is 0 Å². The zero-order valence-electron chi connectivity index (χ0n) is 9.93. The Morgan fingerprint density at radius 1 is 1.44 bits per heavy atom. The monoisotopic (exact) mass is 283 g/mol. The summed E-state index contributed by atoms with van der Waals surface area (Å²) in [6.45, 7) is 2.71. The first-order valence-electron chi connectivity index (χ1n) is 5.53. The molecule has 0 spiro atoms. The van der Waals surface area contributed by atoms with Crippen LogP contribution in [-0.4, -0.2) is 21.2 Å². The SMILES string of the molecule is C[C@](O)(CNCc1csnn1)c1ccccc1Cl. The fourth-order valence-corrected chi connectivity index (χ4v) is 2.48. The largest absolute Gasteiger partial charge is 0.384 e. The highest BCUT2D eigenvalue weighted by Crippen LogP contribution is 2.27. The van der Waals surface area contributed by atoms with E-state index in [9.17, 15) is 5.11 Å². The van der Waals surface area contributed by atoms with Crippen LogP contribution in [0.3, 0.4) is 0 Å². The predicted molar refractivity (Wildman–Crippen MR) is 72.6 cm³/mol. The molecule has 1 aromatic carbocycles. The lowest BCUT2D eigenvalue weighted by Crippen LogP contribution is -2.35. The molecule has 0 aliphatic rings. The summed E-state index contributed by atoms with van der Waals surface area (Å²) in [6, 6.07) is 7.31. The first kappa shape index (κ1) is 13.4. The standard InChI is InChI=1S/C12H14ClN3OS/c1-12(17,10-4-2-3-5-11(10)13)8-14-6-9-7-18-16-15-9/h2-5,7,14,17H,6,8H2,1H3/t12-/m0/s1. The fourth-order valence-electron chi connectivity index (χ4n) is 1.69. The maximum atomic E-state index is 10.4. The zero-order chi connectivity index (χ0) is 13.0. The van der Waals surface area contributed by atoms with Gasteiger partial charge in [-0.05, 0) is 24.5 Å². The summed E-state index contributed by atoms with van der Waals surface area (Å²) in [4.78, 5) is 0. The third kappa shape index (κ3) is 3.26. The van der Waals surface area contributed by atoms with E-state index in [1.165, 1.54) is 11.5 Å². The summed E-state index contributed by atoms with van der Waals surface area (Å²) in [5, 5.41) is 19.9. The Hall–Kier alpha value is -1.01. The van der Waals surface area contributed by atoms with E-state index in [0.29, 0.717) is 18.1 Å². The van der Waals surface area contributed by atoms with Crippen molar-refractivity contribution in [1.82, 2.24) is 14.9 Å². The summed E-state index contributed by atoms with van der Waals surface area (Å²) in [5.74, 6) is 0. The van der Waals surface area contributed by atoms with Gasteiger partial charge in [-0.3, -0.25) is 0 Å². The predicted octanol–water partition coefficient (Wildman–Crippen LogP) is 2.19. The average Bonchev–Trinajstić information content (AvgIpc) is 2.82. The van der Waals surface area contributed by atoms with E-state index in [0.717, 1.165) is 11.3 Å². The summed E-state index contributed by atoms with van der Waals surface area (Å²) < 4.78 is 3.78. The summed E-state index contributed by atoms with van der Waals surface area (Å²) >= 11 is 7.39. The van der Waals surface area contributed by atoms with E-state index in [-0.39, 0.29) is 0 Å². The number of nitrogens with zero attached hydrogens (tertiary/aromatic N) is 2. The maximum absolute atomic E-state index is 10.4. The lowest BCUT2D eigenvalue weighted by Gasteiger charge is -2.25. The van der Waals surface area contributed by atoms with Crippen LogP contribution < -0.4 is 5.32 Å². The zero-order valence-corrected chi connectivity index (χ0v) is 11.5. The molecule has 0 saturated carbocycles. The molecule has 4 nitrogen and oxygen atoms in total. The molecule has 18 heavy (non-hydrogen) atoms. The lowest BCUT2D eigenvalue weighted by atomic mass is 9.96. The fraction of sp³-hybridized carbons (Fsp3) is 0.333. The second kappa shape index (κ2) is 5.75. The molecular weight excluding hydrogens is 270 g/mol. The van der Waals surface area contributed by atoms with Crippen molar-refractivity contribution in [1.29, 1.82) is 0 Å². The molecular formula is C12H14ClN3OS. The van der Waals surface area contributed by atoms with E-state index in [4.69, 9.17) is 11.6 Å². The molecule has 0 radical (unpaired) electrons. The van der Waals surface area contributed by atoms with Crippen LogP contribution in [0.5, 0.6) is 0 Å². The van der Waals surface area contributed by atoms with Crippen molar-refractivity contribution in [2.45, 2.75) is 19.1 Å². The number of hydrogen-bond acceptors (Lipinski definition) is 5. The molecule has 0 saturated heterocycles. The summed E-state index contributed by atoms with van der Waals surface area (Å²) in [6.07, 6.45) is 0. The van der Waals surface area contributed by atoms with Crippen molar-refractivity contribution >= 4 is 23.1 Å². The van der Waals surface area contributed by atoms with Crippen molar-refractivity contribution in [3.05, 3.63) is 45.9 Å². The highest BCUT2D eigenvalue weighted by molar-refractivity contribution is 7.03. The molecule has 6 heteroatoms. The third-order valence-corrected chi connectivity index (χ3v) is 3.52. The number of benzene rings is 1. The van der Waals surface area contributed by atoms with Gasteiger partial charge in [0.05, 0.1) is 5.69 Å². The van der Waals surface area contributed by atoms with Crippen molar-refractivity contribution < 1.29 is 5.11 Å². The molecule has 1 heterocycles. The Bertz CT molecular complexity index is 502. The molecule has 0 aliphatic carbocycles. The lowest BCUT2D eigenvalue weighted by molar-refractivity contribution is 0.0567. The van der Waals surface area contributed by atoms with Gasteiger partial charge in [0.2, 0.25) is 0 Å². The average molecular weight is 284 g/mol. The number of nitrogens with one attached hydrogen (secondary N) is 1. The number of hydrogen-bond donors (Lipinski definition) is 2. The second-order valence-electron chi connectivity index (χ2n) is 4.25. The van der Waals surface area contributed by atoms with E-state index < -0.39 is 5.60 Å². The highest BCUT2D eigenvalue weighted by Gasteiger charge is 2.24. The van der Waals surface area contributed by atoms with E-state index >= 15 is 0 Å². The van der Waals surface area contributed by atoms with Gasteiger partial charge in [-0.15, -0.1) is 5.10 Å². The molecule has 0 unspecified atom stereocenters. The minimum atomic E-state index is -1.01. The van der Waals surface area contributed by atoms with Crippen LogP contribution in [0.1, 0.15) is 18.2 Å². The Morgan fingerprint density at radius 3 is 2.89 bits per heavy atom. The van der Waals surface area contributed by atoms with E-state index in [1.807, 2.05) is 23.6 Å². The van der Waals surface area contributed by atoms with Gasteiger partial charge in [-0.2, -0.15) is 0 Å². The van der Waals surface area contributed by atoms with Gasteiger partial charge < -0.3 is 10.4 Å². The van der Waals surface area contributed by atoms with Crippen molar-refractivity contribution in [2.24, 2.45) is 0 Å². The van der Waals surface area contributed by atoms with Crippen LogP contribution >= 0.6 is 23.1 Å². The van der Waals surface area contributed by atoms with Crippen LogP contribution in [0.15, 0.2) is 29.6 Å². The Balaban J connectivity index is 1.97. The number of halogens is 1. The van der Waals surface area contributed by atoms with Crippen LogP contribution in [0.25, 0.3) is 0 Å². The molecule has 0 aliphatic heterocycles. The third-order valence-electron chi connectivity index (χ3n) is 2.63. The van der Waals surface area contributed by atoms with E-state index in [2.05, 4.69) is 14.9 Å². The molecule has 2 rings (SSSR count). The molecule has 1 aromatic heterocycles. The minimum Gasteiger partial charge on any atom is -0.384 e. The highest BCUT2D eigenvalue weighted by atomic mass is 35.5. The van der Waals surface area contributed by atoms with Crippen molar-refractivity contribution in [3.8, 4) is 0 Å². The number of aliphatic hydroxyl groups is 1. The normalized spacial score (nSPS) is 14.4. The first-order valence-corrected chi connectivity index (χ1v) is 6.75. The Morgan fingerprint density at radius 2 is 2.22 bits per heavy atom. The molecule has 96 valence electrons. The molecule has 2 aromatic rings. The smallest absolute Gasteiger partial charge is 0.101 e. The van der Waals surface area contributed by atoms with Gasteiger partial charge in [0.15, 0.2) is 0 Å². The first-order chi connectivity index (χ1) is 8.59. The second-order valence-corrected chi connectivity index (χ2v) is 5.27. The van der Waals surface area contributed by atoms with Crippen LogP contribution in [0.2, 0.25) is 5.02 Å². The molecule has 0 amide bonds. The van der Waals surface area contributed by atoms with Crippen LogP contribution in [-0.2, 0) is 12.1 Å². The van der Waals surface area contributed by atoms with Crippen LogP contribution in [0.4, 0.5) is 0 Å². The van der Waals surface area contributed by atoms with Gasteiger partial charge in [0, 0.05) is 29.1 Å². The molecule has 0 fully saturated rings. The number of rotatable bonds is 5. The molecule has 0 bridgehead atoms. The van der Waals surface area contributed by atoms with Gasteiger partial charge in [-0.1, -0.05) is 34.3 Å². The van der Waals surface area contributed by atoms with Gasteiger partial charge in [0.1, 0.15) is 5.60 Å². The molecule has 2 N–H and O–H groups in total. The van der Waals surface area contributed by atoms with Crippen LogP contribution in [0, 0.1) is 0 Å². The Kier molecular flexibility index (Phi) is 4.29. The summed E-state index contributed by atoms with van der Waals surface area (Å²) in [7, 11) is 0. The topological polar surface area (TPSA) is 58.0 Å². The number of aromatic nitrogens is 2. The van der Waals surface area contributed by atoms with E-state index in [1.54, 1.807) is 13.0 Å². The van der Waals surface area contributed by atoms with Gasteiger partial charge >= 0.3 is 0 Å².